The van der Waals surface area contributed by atoms with E-state index in [1.54, 1.807) is 6.08 Å². The third kappa shape index (κ3) is 2.31. The van der Waals surface area contributed by atoms with E-state index in [0.29, 0.717) is 12.5 Å². The van der Waals surface area contributed by atoms with E-state index >= 15 is 0 Å². The van der Waals surface area contributed by atoms with Crippen LogP contribution in [-0.4, -0.2) is 23.4 Å². The molecule has 11 heavy (non-hydrogen) atoms. The van der Waals surface area contributed by atoms with Crippen LogP contribution in [0.25, 0.3) is 0 Å². The number of hydrogen-bond acceptors (Lipinski definition) is 2. The molecule has 0 aromatic heterocycles. The van der Waals surface area contributed by atoms with E-state index in [0.717, 1.165) is 12.8 Å². The Morgan fingerprint density at radius 1 is 1.73 bits per heavy atom. The Kier molecular flexibility index (Phi) is 3.09. The number of hydrogen-bond donors (Lipinski definition) is 1. The van der Waals surface area contributed by atoms with Gasteiger partial charge in [-0.2, -0.15) is 0 Å². The Labute approximate surface area is 67.9 Å². The lowest BCUT2D eigenvalue weighted by Crippen LogP contribution is -2.25. The smallest absolute Gasteiger partial charge is 0.0841 e. The van der Waals surface area contributed by atoms with Crippen molar-refractivity contribution in [1.82, 2.24) is 0 Å². The highest BCUT2D eigenvalue weighted by Gasteiger charge is 2.27. The summed E-state index contributed by atoms with van der Waals surface area (Å²) < 4.78 is 5.48. The van der Waals surface area contributed by atoms with Crippen LogP contribution in [0, 0.1) is 0 Å². The fourth-order valence-corrected chi connectivity index (χ4v) is 1.44. The molecule has 1 rings (SSSR count). The van der Waals surface area contributed by atoms with Gasteiger partial charge < -0.3 is 9.84 Å². The van der Waals surface area contributed by atoms with Crippen molar-refractivity contribution in [2.45, 2.75) is 44.5 Å². The Balaban J connectivity index is 2.30. The lowest BCUT2D eigenvalue weighted by atomic mass is 10.1. The van der Waals surface area contributed by atoms with E-state index in [-0.39, 0.29) is 12.2 Å². The molecule has 0 aromatic rings. The molecule has 0 radical (unpaired) electrons. The molecule has 3 atom stereocenters. The SMILES string of the molecule is C=CCC(O)C1CCC(C)O1. The van der Waals surface area contributed by atoms with Gasteiger partial charge in [0, 0.05) is 0 Å². The Hall–Kier alpha value is -0.340. The van der Waals surface area contributed by atoms with Crippen LogP contribution >= 0.6 is 0 Å². The molecule has 0 spiro atoms. The average molecular weight is 156 g/mol. The predicted octanol–water partition coefficient (Wildman–Crippen LogP) is 1.49. The van der Waals surface area contributed by atoms with Gasteiger partial charge in [0.25, 0.3) is 0 Å². The van der Waals surface area contributed by atoms with Crippen LogP contribution in [0.15, 0.2) is 12.7 Å². The predicted molar refractivity (Wildman–Crippen MR) is 44.4 cm³/mol. The first kappa shape index (κ1) is 8.75. The lowest BCUT2D eigenvalue weighted by Gasteiger charge is -2.16. The maximum atomic E-state index is 9.47. The van der Waals surface area contributed by atoms with Gasteiger partial charge in [-0.1, -0.05) is 6.08 Å². The highest BCUT2D eigenvalue weighted by Crippen LogP contribution is 2.22. The molecule has 64 valence electrons. The van der Waals surface area contributed by atoms with E-state index in [1.165, 1.54) is 0 Å². The molecule has 1 aliphatic rings. The van der Waals surface area contributed by atoms with E-state index in [4.69, 9.17) is 4.74 Å². The molecule has 3 unspecified atom stereocenters. The van der Waals surface area contributed by atoms with Crippen LogP contribution < -0.4 is 0 Å². The van der Waals surface area contributed by atoms with Gasteiger partial charge in [-0.05, 0) is 26.2 Å². The molecule has 0 amide bonds. The molecule has 2 heteroatoms. The minimum absolute atomic E-state index is 0.0444. The van der Waals surface area contributed by atoms with Crippen molar-refractivity contribution in [1.29, 1.82) is 0 Å². The lowest BCUT2D eigenvalue weighted by molar-refractivity contribution is -0.0267. The first-order chi connectivity index (χ1) is 5.24. The summed E-state index contributed by atoms with van der Waals surface area (Å²) in [6, 6.07) is 0. The summed E-state index contributed by atoms with van der Waals surface area (Å²) in [5, 5.41) is 9.47. The van der Waals surface area contributed by atoms with E-state index in [1.807, 2.05) is 6.92 Å². The van der Waals surface area contributed by atoms with E-state index in [2.05, 4.69) is 6.58 Å². The van der Waals surface area contributed by atoms with Crippen molar-refractivity contribution in [2.24, 2.45) is 0 Å². The van der Waals surface area contributed by atoms with E-state index in [9.17, 15) is 5.11 Å². The van der Waals surface area contributed by atoms with Gasteiger partial charge in [0.15, 0.2) is 0 Å². The van der Waals surface area contributed by atoms with Gasteiger partial charge in [-0.15, -0.1) is 6.58 Å². The van der Waals surface area contributed by atoms with Crippen molar-refractivity contribution in [3.05, 3.63) is 12.7 Å². The molecular formula is C9H16O2. The third-order valence-corrected chi connectivity index (χ3v) is 2.10. The van der Waals surface area contributed by atoms with Crippen LogP contribution in [0.3, 0.4) is 0 Å². The molecule has 1 heterocycles. The molecule has 1 saturated heterocycles. The Morgan fingerprint density at radius 2 is 2.45 bits per heavy atom. The summed E-state index contributed by atoms with van der Waals surface area (Å²) in [6.45, 7) is 5.62. The number of rotatable bonds is 3. The second-order valence-corrected chi connectivity index (χ2v) is 3.15. The van der Waals surface area contributed by atoms with Crippen molar-refractivity contribution in [3.8, 4) is 0 Å². The zero-order valence-electron chi connectivity index (χ0n) is 6.99. The molecule has 1 aliphatic heterocycles. The molecule has 0 bridgehead atoms. The second kappa shape index (κ2) is 3.88. The third-order valence-electron chi connectivity index (χ3n) is 2.10. The van der Waals surface area contributed by atoms with Gasteiger partial charge in [-0.25, -0.2) is 0 Å². The summed E-state index contributed by atoms with van der Waals surface area (Å²) >= 11 is 0. The van der Waals surface area contributed by atoms with Crippen LogP contribution in [0.4, 0.5) is 0 Å². The number of aliphatic hydroxyl groups is 1. The quantitative estimate of drug-likeness (QED) is 0.627. The fraction of sp³-hybridized carbons (Fsp3) is 0.778. The highest BCUT2D eigenvalue weighted by atomic mass is 16.5. The van der Waals surface area contributed by atoms with Gasteiger partial charge in [0.2, 0.25) is 0 Å². The molecule has 0 aromatic carbocycles. The zero-order valence-corrected chi connectivity index (χ0v) is 6.99. The maximum Gasteiger partial charge on any atom is 0.0841 e. The Bertz CT molecular complexity index is 134. The minimum atomic E-state index is -0.350. The molecule has 2 nitrogen and oxygen atoms in total. The molecule has 1 fully saturated rings. The van der Waals surface area contributed by atoms with Gasteiger partial charge in [-0.3, -0.25) is 0 Å². The normalized spacial score (nSPS) is 33.6. The van der Waals surface area contributed by atoms with Crippen LogP contribution in [0.2, 0.25) is 0 Å². The summed E-state index contributed by atoms with van der Waals surface area (Å²) in [6.07, 6.45) is 4.43. The summed E-state index contributed by atoms with van der Waals surface area (Å²) in [5.41, 5.74) is 0. The van der Waals surface area contributed by atoms with Crippen LogP contribution in [-0.2, 0) is 4.74 Å². The fourth-order valence-electron chi connectivity index (χ4n) is 1.44. The maximum absolute atomic E-state index is 9.47. The van der Waals surface area contributed by atoms with Gasteiger partial charge in [0.05, 0.1) is 18.3 Å². The molecule has 1 N–H and O–H groups in total. The molecule has 0 saturated carbocycles. The standard InChI is InChI=1S/C9H16O2/c1-3-4-8(10)9-6-5-7(2)11-9/h3,7-10H,1,4-6H2,2H3. The highest BCUT2D eigenvalue weighted by molar-refractivity contribution is 4.82. The first-order valence-electron chi connectivity index (χ1n) is 4.18. The van der Waals surface area contributed by atoms with Crippen molar-refractivity contribution in [2.75, 3.05) is 0 Å². The second-order valence-electron chi connectivity index (χ2n) is 3.15. The monoisotopic (exact) mass is 156 g/mol. The first-order valence-corrected chi connectivity index (χ1v) is 4.18. The van der Waals surface area contributed by atoms with Crippen molar-refractivity contribution < 1.29 is 9.84 Å². The van der Waals surface area contributed by atoms with E-state index < -0.39 is 0 Å². The van der Waals surface area contributed by atoms with Crippen molar-refractivity contribution in [3.63, 3.8) is 0 Å². The average Bonchev–Trinajstić information content (AvgIpc) is 2.36. The zero-order chi connectivity index (χ0) is 8.27. The van der Waals surface area contributed by atoms with Gasteiger partial charge >= 0.3 is 0 Å². The number of aliphatic hydroxyl groups excluding tert-OH is 1. The largest absolute Gasteiger partial charge is 0.390 e. The topological polar surface area (TPSA) is 29.5 Å². The minimum Gasteiger partial charge on any atom is -0.390 e. The summed E-state index contributed by atoms with van der Waals surface area (Å²) in [4.78, 5) is 0. The summed E-state index contributed by atoms with van der Waals surface area (Å²) in [7, 11) is 0. The molecular weight excluding hydrogens is 140 g/mol. The van der Waals surface area contributed by atoms with Gasteiger partial charge in [0.1, 0.15) is 0 Å². The summed E-state index contributed by atoms with van der Waals surface area (Å²) in [5.74, 6) is 0. The van der Waals surface area contributed by atoms with Crippen LogP contribution in [0.1, 0.15) is 26.2 Å². The molecule has 0 aliphatic carbocycles. The van der Waals surface area contributed by atoms with Crippen molar-refractivity contribution >= 4 is 0 Å². The Morgan fingerprint density at radius 3 is 2.91 bits per heavy atom. The number of ether oxygens (including phenoxy) is 1. The van der Waals surface area contributed by atoms with Crippen LogP contribution in [0.5, 0.6) is 0 Å².